The number of rotatable bonds is 9. The summed E-state index contributed by atoms with van der Waals surface area (Å²) in [5.74, 6) is 0.617. The Morgan fingerprint density at radius 1 is 1.43 bits per heavy atom. The first-order chi connectivity index (χ1) is 10.2. The lowest BCUT2D eigenvalue weighted by Gasteiger charge is -2.18. The molecule has 1 fully saturated rings. The van der Waals surface area contributed by atoms with Gasteiger partial charge in [0.05, 0.1) is 11.2 Å². The number of halogens is 1. The molecule has 6 heteroatoms. The Hall–Kier alpha value is -1.07. The Labute approximate surface area is 131 Å². The molecule has 1 aliphatic rings. The minimum atomic E-state index is -0.0998. The molecule has 118 valence electrons. The summed E-state index contributed by atoms with van der Waals surface area (Å²) in [5.41, 5.74) is 0.393. The second-order valence-electron chi connectivity index (χ2n) is 5.61. The third-order valence-electron chi connectivity index (χ3n) is 3.97. The van der Waals surface area contributed by atoms with Gasteiger partial charge in [0.15, 0.2) is 0 Å². The van der Waals surface area contributed by atoms with Crippen molar-refractivity contribution in [3.63, 3.8) is 0 Å². The van der Waals surface area contributed by atoms with Crippen molar-refractivity contribution in [2.75, 3.05) is 31.5 Å². The van der Waals surface area contributed by atoms with Crippen molar-refractivity contribution in [3.8, 4) is 0 Å². The van der Waals surface area contributed by atoms with Gasteiger partial charge in [0.2, 0.25) is 0 Å². The molecule has 0 radical (unpaired) electrons. The summed E-state index contributed by atoms with van der Waals surface area (Å²) < 4.78 is 1.54. The molecule has 0 aliphatic heterocycles. The van der Waals surface area contributed by atoms with Gasteiger partial charge in [-0.3, -0.25) is 4.79 Å². The molecule has 1 aromatic rings. The predicted molar refractivity (Wildman–Crippen MR) is 87.1 cm³/mol. The summed E-state index contributed by atoms with van der Waals surface area (Å²) in [6, 6.07) is 0. The van der Waals surface area contributed by atoms with E-state index in [4.69, 9.17) is 11.6 Å². The fourth-order valence-electron chi connectivity index (χ4n) is 2.36. The molecule has 0 bridgehead atoms. The minimum absolute atomic E-state index is 0.0998. The maximum Gasteiger partial charge on any atom is 0.291 e. The van der Waals surface area contributed by atoms with Crippen molar-refractivity contribution >= 4 is 17.3 Å². The van der Waals surface area contributed by atoms with Crippen molar-refractivity contribution in [3.05, 3.63) is 21.6 Å². The number of nitrogens with zero attached hydrogens (tertiary/aromatic N) is 3. The van der Waals surface area contributed by atoms with Crippen LogP contribution in [0.1, 0.15) is 33.1 Å². The minimum Gasteiger partial charge on any atom is -0.379 e. The summed E-state index contributed by atoms with van der Waals surface area (Å²) in [4.78, 5) is 14.7. The molecule has 5 nitrogen and oxygen atoms in total. The van der Waals surface area contributed by atoms with Gasteiger partial charge in [0.25, 0.3) is 5.56 Å². The highest BCUT2D eigenvalue weighted by atomic mass is 35.5. The van der Waals surface area contributed by atoms with Crippen LogP contribution in [-0.4, -0.2) is 40.9 Å². The zero-order valence-electron chi connectivity index (χ0n) is 12.9. The van der Waals surface area contributed by atoms with Crippen molar-refractivity contribution < 1.29 is 0 Å². The lowest BCUT2D eigenvalue weighted by molar-refractivity contribution is 0.303. The van der Waals surface area contributed by atoms with E-state index >= 15 is 0 Å². The lowest BCUT2D eigenvalue weighted by Crippen LogP contribution is -2.28. The molecule has 0 atom stereocenters. The van der Waals surface area contributed by atoms with E-state index < -0.39 is 0 Å². The Balaban J connectivity index is 1.91. The Morgan fingerprint density at radius 2 is 2.14 bits per heavy atom. The highest BCUT2D eigenvalue weighted by Crippen LogP contribution is 2.30. The normalized spacial score (nSPS) is 14.7. The van der Waals surface area contributed by atoms with E-state index in [0.717, 1.165) is 32.6 Å². The van der Waals surface area contributed by atoms with Gasteiger partial charge in [-0.15, -0.1) is 0 Å². The second kappa shape index (κ2) is 7.80. The maximum atomic E-state index is 12.3. The SMILES string of the molecule is CCN(CC)CCCNc1c(Cl)cnn(CC2CC2)c1=O. The molecule has 1 saturated carbocycles. The predicted octanol–water partition coefficient (Wildman–Crippen LogP) is 2.45. The summed E-state index contributed by atoms with van der Waals surface area (Å²) >= 11 is 6.10. The average molecular weight is 313 g/mol. The summed E-state index contributed by atoms with van der Waals surface area (Å²) in [5, 5.41) is 7.72. The zero-order chi connectivity index (χ0) is 15.2. The molecule has 0 aromatic carbocycles. The molecule has 1 aromatic heterocycles. The standard InChI is InChI=1S/C15H25ClN4O/c1-3-19(4-2)9-5-8-17-14-13(16)10-18-20(15(14)21)11-12-6-7-12/h10,12,17H,3-9,11H2,1-2H3. The van der Waals surface area contributed by atoms with Gasteiger partial charge in [-0.2, -0.15) is 5.10 Å². The lowest BCUT2D eigenvalue weighted by atomic mass is 10.3. The quantitative estimate of drug-likeness (QED) is 0.712. The van der Waals surface area contributed by atoms with Crippen LogP contribution in [0.25, 0.3) is 0 Å². The van der Waals surface area contributed by atoms with Crippen LogP contribution in [0.3, 0.4) is 0 Å². The first-order valence-electron chi connectivity index (χ1n) is 7.87. The van der Waals surface area contributed by atoms with E-state index in [1.807, 2.05) is 0 Å². The molecule has 1 aliphatic carbocycles. The number of anilines is 1. The van der Waals surface area contributed by atoms with Crippen LogP contribution in [0.2, 0.25) is 5.02 Å². The molecule has 21 heavy (non-hydrogen) atoms. The molecular formula is C15H25ClN4O. The second-order valence-corrected chi connectivity index (χ2v) is 6.01. The molecular weight excluding hydrogens is 288 g/mol. The third kappa shape index (κ3) is 4.71. The van der Waals surface area contributed by atoms with Crippen LogP contribution >= 0.6 is 11.6 Å². The van der Waals surface area contributed by atoms with Gasteiger partial charge < -0.3 is 10.2 Å². The topological polar surface area (TPSA) is 50.2 Å². The van der Waals surface area contributed by atoms with Gasteiger partial charge >= 0.3 is 0 Å². The summed E-state index contributed by atoms with van der Waals surface area (Å²) in [7, 11) is 0. The van der Waals surface area contributed by atoms with Crippen LogP contribution < -0.4 is 10.9 Å². The van der Waals surface area contributed by atoms with Gasteiger partial charge in [0.1, 0.15) is 5.69 Å². The summed E-state index contributed by atoms with van der Waals surface area (Å²) in [6.07, 6.45) is 4.95. The molecule has 0 spiro atoms. The van der Waals surface area contributed by atoms with E-state index in [0.29, 0.717) is 23.2 Å². The van der Waals surface area contributed by atoms with Crippen molar-refractivity contribution in [1.82, 2.24) is 14.7 Å². The van der Waals surface area contributed by atoms with Crippen molar-refractivity contribution in [2.45, 2.75) is 39.7 Å². The molecule has 1 N–H and O–H groups in total. The van der Waals surface area contributed by atoms with Crippen LogP contribution in [-0.2, 0) is 6.54 Å². The number of nitrogens with one attached hydrogen (secondary N) is 1. The van der Waals surface area contributed by atoms with Crippen LogP contribution in [0.4, 0.5) is 5.69 Å². The molecule has 0 amide bonds. The number of aromatic nitrogens is 2. The first-order valence-corrected chi connectivity index (χ1v) is 8.25. The fraction of sp³-hybridized carbons (Fsp3) is 0.733. The average Bonchev–Trinajstić information content (AvgIpc) is 3.29. The highest BCUT2D eigenvalue weighted by Gasteiger charge is 2.23. The monoisotopic (exact) mass is 312 g/mol. The van der Waals surface area contributed by atoms with E-state index in [1.165, 1.54) is 17.5 Å². The summed E-state index contributed by atoms with van der Waals surface area (Å²) in [6.45, 7) is 8.92. The van der Waals surface area contributed by atoms with Gasteiger partial charge in [-0.05, 0) is 44.8 Å². The van der Waals surface area contributed by atoms with E-state index in [2.05, 4.69) is 29.2 Å². The van der Waals surface area contributed by atoms with Crippen molar-refractivity contribution in [2.24, 2.45) is 5.92 Å². The first kappa shape index (κ1) is 16.3. The van der Waals surface area contributed by atoms with E-state index in [1.54, 1.807) is 6.20 Å². The Kier molecular flexibility index (Phi) is 6.06. The molecule has 0 saturated heterocycles. The highest BCUT2D eigenvalue weighted by molar-refractivity contribution is 6.32. The molecule has 0 unspecified atom stereocenters. The van der Waals surface area contributed by atoms with Gasteiger partial charge in [0, 0.05) is 13.1 Å². The number of hydrogen-bond donors (Lipinski definition) is 1. The number of hydrogen-bond acceptors (Lipinski definition) is 4. The smallest absolute Gasteiger partial charge is 0.291 e. The maximum absolute atomic E-state index is 12.3. The van der Waals surface area contributed by atoms with Gasteiger partial charge in [-0.25, -0.2) is 4.68 Å². The largest absolute Gasteiger partial charge is 0.379 e. The zero-order valence-corrected chi connectivity index (χ0v) is 13.7. The van der Waals surface area contributed by atoms with E-state index in [9.17, 15) is 4.79 Å². The van der Waals surface area contributed by atoms with Crippen LogP contribution in [0, 0.1) is 5.92 Å². The van der Waals surface area contributed by atoms with Crippen molar-refractivity contribution in [1.29, 1.82) is 0 Å². The fourth-order valence-corrected chi connectivity index (χ4v) is 2.55. The van der Waals surface area contributed by atoms with Crippen LogP contribution in [0.5, 0.6) is 0 Å². The van der Waals surface area contributed by atoms with Gasteiger partial charge in [-0.1, -0.05) is 25.4 Å². The molecule has 2 rings (SSSR count). The third-order valence-corrected chi connectivity index (χ3v) is 4.26. The van der Waals surface area contributed by atoms with E-state index in [-0.39, 0.29) is 5.56 Å². The Morgan fingerprint density at radius 3 is 2.76 bits per heavy atom. The van der Waals surface area contributed by atoms with Crippen LogP contribution in [0.15, 0.2) is 11.0 Å². The Bertz CT molecular complexity index is 509. The molecule has 1 heterocycles.